The summed E-state index contributed by atoms with van der Waals surface area (Å²) in [4.78, 5) is 11.6. The van der Waals surface area contributed by atoms with Crippen molar-refractivity contribution in [3.8, 4) is 0 Å². The number of aromatic amines is 1. The van der Waals surface area contributed by atoms with Gasteiger partial charge in [0.05, 0.1) is 12.3 Å². The van der Waals surface area contributed by atoms with Crippen LogP contribution in [0.25, 0.3) is 0 Å². The van der Waals surface area contributed by atoms with Crippen LogP contribution in [0.2, 0.25) is 0 Å². The Bertz CT molecular complexity index is 356. The SMILES string of the molecule is Cc1cn[nH]c1NC(=O)CCC1CCCO1. The number of amides is 1. The van der Waals surface area contributed by atoms with Crippen LogP contribution in [0, 0.1) is 6.92 Å². The number of nitrogens with zero attached hydrogens (tertiary/aromatic N) is 1. The van der Waals surface area contributed by atoms with Crippen LogP contribution in [0.3, 0.4) is 0 Å². The lowest BCUT2D eigenvalue weighted by atomic mass is 10.1. The van der Waals surface area contributed by atoms with E-state index in [1.807, 2.05) is 6.92 Å². The van der Waals surface area contributed by atoms with E-state index in [4.69, 9.17) is 4.74 Å². The minimum atomic E-state index is 0.0165. The average molecular weight is 223 g/mol. The number of hydrogen-bond donors (Lipinski definition) is 2. The molecular weight excluding hydrogens is 206 g/mol. The van der Waals surface area contributed by atoms with E-state index in [-0.39, 0.29) is 12.0 Å². The number of ether oxygens (including phenoxy) is 1. The van der Waals surface area contributed by atoms with Gasteiger partial charge in [-0.25, -0.2) is 0 Å². The number of H-pyrrole nitrogens is 1. The molecule has 1 aliphatic heterocycles. The topological polar surface area (TPSA) is 67.0 Å². The summed E-state index contributed by atoms with van der Waals surface area (Å²) in [6.07, 6.45) is 5.47. The Morgan fingerprint density at radius 2 is 2.62 bits per heavy atom. The Kier molecular flexibility index (Phi) is 3.56. The van der Waals surface area contributed by atoms with Gasteiger partial charge in [0.1, 0.15) is 5.82 Å². The largest absolute Gasteiger partial charge is 0.378 e. The van der Waals surface area contributed by atoms with Crippen molar-refractivity contribution in [2.75, 3.05) is 11.9 Å². The summed E-state index contributed by atoms with van der Waals surface area (Å²) >= 11 is 0. The molecule has 0 bridgehead atoms. The number of aryl methyl sites for hydroxylation is 1. The zero-order chi connectivity index (χ0) is 11.4. The molecule has 1 unspecified atom stereocenters. The van der Waals surface area contributed by atoms with E-state index in [1.54, 1.807) is 6.20 Å². The summed E-state index contributed by atoms with van der Waals surface area (Å²) in [5.74, 6) is 0.709. The van der Waals surface area contributed by atoms with Gasteiger partial charge in [-0.15, -0.1) is 0 Å². The fourth-order valence-corrected chi connectivity index (χ4v) is 1.84. The Morgan fingerprint density at radius 1 is 1.75 bits per heavy atom. The molecule has 1 aliphatic rings. The molecule has 2 N–H and O–H groups in total. The molecule has 1 atom stereocenters. The Hall–Kier alpha value is -1.36. The number of nitrogens with one attached hydrogen (secondary N) is 2. The second-order valence-corrected chi connectivity index (χ2v) is 4.15. The third-order valence-electron chi connectivity index (χ3n) is 2.81. The summed E-state index contributed by atoms with van der Waals surface area (Å²) in [5.41, 5.74) is 0.950. The molecule has 2 heterocycles. The van der Waals surface area contributed by atoms with Crippen molar-refractivity contribution in [1.82, 2.24) is 10.2 Å². The van der Waals surface area contributed by atoms with Gasteiger partial charge in [-0.05, 0) is 26.2 Å². The summed E-state index contributed by atoms with van der Waals surface area (Å²) in [5, 5.41) is 9.40. The normalized spacial score (nSPS) is 19.9. The highest BCUT2D eigenvalue weighted by Crippen LogP contribution is 2.17. The summed E-state index contributed by atoms with van der Waals surface area (Å²) < 4.78 is 5.46. The molecule has 0 radical (unpaired) electrons. The van der Waals surface area contributed by atoms with Crippen molar-refractivity contribution in [1.29, 1.82) is 0 Å². The number of carbonyl (C=O) groups excluding carboxylic acids is 1. The van der Waals surface area contributed by atoms with Gasteiger partial charge in [-0.2, -0.15) is 5.10 Å². The predicted octanol–water partition coefficient (Wildman–Crippen LogP) is 1.62. The van der Waals surface area contributed by atoms with E-state index in [0.29, 0.717) is 12.2 Å². The molecule has 1 aromatic rings. The summed E-state index contributed by atoms with van der Waals surface area (Å²) in [7, 11) is 0. The fourth-order valence-electron chi connectivity index (χ4n) is 1.84. The van der Waals surface area contributed by atoms with Crippen LogP contribution in [0.15, 0.2) is 6.20 Å². The molecule has 1 saturated heterocycles. The molecule has 0 aromatic carbocycles. The highest BCUT2D eigenvalue weighted by Gasteiger charge is 2.16. The molecular formula is C11H17N3O2. The van der Waals surface area contributed by atoms with Crippen molar-refractivity contribution in [2.24, 2.45) is 0 Å². The standard InChI is InChI=1S/C11H17N3O2/c1-8-7-12-14-11(8)13-10(15)5-4-9-3-2-6-16-9/h7,9H,2-6H2,1H3,(H2,12,13,14,15). The third kappa shape index (κ3) is 2.82. The van der Waals surface area contributed by atoms with Crippen LogP contribution in [0.1, 0.15) is 31.2 Å². The van der Waals surface area contributed by atoms with Crippen LogP contribution in [-0.2, 0) is 9.53 Å². The molecule has 2 rings (SSSR count). The Labute approximate surface area is 94.6 Å². The molecule has 0 spiro atoms. The van der Waals surface area contributed by atoms with E-state index in [0.717, 1.165) is 31.4 Å². The predicted molar refractivity (Wildman–Crippen MR) is 60.2 cm³/mol. The minimum Gasteiger partial charge on any atom is -0.378 e. The Morgan fingerprint density at radius 3 is 3.25 bits per heavy atom. The number of rotatable bonds is 4. The van der Waals surface area contributed by atoms with Gasteiger partial charge in [0.2, 0.25) is 5.91 Å². The lowest BCUT2D eigenvalue weighted by Gasteiger charge is -2.08. The molecule has 5 heteroatoms. The monoisotopic (exact) mass is 223 g/mol. The summed E-state index contributed by atoms with van der Waals surface area (Å²) in [6, 6.07) is 0. The highest BCUT2D eigenvalue weighted by atomic mass is 16.5. The van der Waals surface area contributed by atoms with E-state index < -0.39 is 0 Å². The van der Waals surface area contributed by atoms with Crippen LogP contribution >= 0.6 is 0 Å². The van der Waals surface area contributed by atoms with Crippen LogP contribution in [-0.4, -0.2) is 28.8 Å². The van der Waals surface area contributed by atoms with Gasteiger partial charge in [0, 0.05) is 18.6 Å². The molecule has 88 valence electrons. The van der Waals surface area contributed by atoms with Gasteiger partial charge in [0.15, 0.2) is 0 Å². The van der Waals surface area contributed by atoms with Crippen molar-refractivity contribution >= 4 is 11.7 Å². The van der Waals surface area contributed by atoms with Crippen molar-refractivity contribution in [2.45, 2.75) is 38.7 Å². The van der Waals surface area contributed by atoms with Gasteiger partial charge in [-0.1, -0.05) is 0 Å². The molecule has 0 aliphatic carbocycles. The highest BCUT2D eigenvalue weighted by molar-refractivity contribution is 5.90. The maximum atomic E-state index is 11.6. The Balaban J connectivity index is 1.74. The van der Waals surface area contributed by atoms with Gasteiger partial charge >= 0.3 is 0 Å². The zero-order valence-electron chi connectivity index (χ0n) is 9.45. The molecule has 0 saturated carbocycles. The first-order chi connectivity index (χ1) is 7.75. The lowest BCUT2D eigenvalue weighted by molar-refractivity contribution is -0.116. The molecule has 16 heavy (non-hydrogen) atoms. The van der Waals surface area contributed by atoms with Gasteiger partial charge in [0.25, 0.3) is 0 Å². The second-order valence-electron chi connectivity index (χ2n) is 4.15. The number of hydrogen-bond acceptors (Lipinski definition) is 3. The molecule has 1 fully saturated rings. The molecule has 1 aromatic heterocycles. The zero-order valence-corrected chi connectivity index (χ0v) is 9.45. The smallest absolute Gasteiger partial charge is 0.225 e. The molecule has 1 amide bonds. The minimum absolute atomic E-state index is 0.0165. The second kappa shape index (κ2) is 5.12. The first-order valence-corrected chi connectivity index (χ1v) is 5.67. The quantitative estimate of drug-likeness (QED) is 0.815. The number of aromatic nitrogens is 2. The summed E-state index contributed by atoms with van der Waals surface area (Å²) in [6.45, 7) is 2.74. The van der Waals surface area contributed by atoms with Crippen molar-refractivity contribution < 1.29 is 9.53 Å². The van der Waals surface area contributed by atoms with E-state index in [2.05, 4.69) is 15.5 Å². The van der Waals surface area contributed by atoms with Gasteiger partial charge < -0.3 is 10.1 Å². The number of carbonyl (C=O) groups is 1. The maximum absolute atomic E-state index is 11.6. The van der Waals surface area contributed by atoms with Crippen LogP contribution in [0.5, 0.6) is 0 Å². The first kappa shape index (κ1) is 11.1. The first-order valence-electron chi connectivity index (χ1n) is 5.67. The van der Waals surface area contributed by atoms with Gasteiger partial charge in [-0.3, -0.25) is 9.89 Å². The molecule has 5 nitrogen and oxygen atoms in total. The van der Waals surface area contributed by atoms with Crippen LogP contribution in [0.4, 0.5) is 5.82 Å². The van der Waals surface area contributed by atoms with E-state index in [9.17, 15) is 4.79 Å². The van der Waals surface area contributed by atoms with Crippen molar-refractivity contribution in [3.05, 3.63) is 11.8 Å². The number of anilines is 1. The van der Waals surface area contributed by atoms with Crippen molar-refractivity contribution in [3.63, 3.8) is 0 Å². The van der Waals surface area contributed by atoms with Crippen LogP contribution < -0.4 is 5.32 Å². The fraction of sp³-hybridized carbons (Fsp3) is 0.636. The lowest BCUT2D eigenvalue weighted by Crippen LogP contribution is -2.15. The van der Waals surface area contributed by atoms with E-state index >= 15 is 0 Å². The maximum Gasteiger partial charge on any atom is 0.225 e. The van der Waals surface area contributed by atoms with E-state index in [1.165, 1.54) is 0 Å². The average Bonchev–Trinajstić information content (AvgIpc) is 2.88. The third-order valence-corrected chi connectivity index (χ3v) is 2.81.